The predicted octanol–water partition coefficient (Wildman–Crippen LogP) is 2.67. The lowest BCUT2D eigenvalue weighted by molar-refractivity contribution is -0.140. The number of alkyl halides is 3. The molecule has 7 heteroatoms. The second-order valence-corrected chi connectivity index (χ2v) is 4.69. The summed E-state index contributed by atoms with van der Waals surface area (Å²) in [6.07, 6.45) is -3.02. The van der Waals surface area contributed by atoms with Crippen molar-refractivity contribution < 1.29 is 23.1 Å². The summed E-state index contributed by atoms with van der Waals surface area (Å²) < 4.78 is 37.2. The van der Waals surface area contributed by atoms with Crippen LogP contribution in [0.2, 0.25) is 0 Å². The number of carboxylic acid groups (broad SMARTS) is 1. The van der Waals surface area contributed by atoms with Crippen LogP contribution in [0.15, 0.2) is 0 Å². The van der Waals surface area contributed by atoms with Crippen molar-refractivity contribution in [3.8, 4) is 0 Å². The minimum atomic E-state index is -4.48. The fourth-order valence-electron chi connectivity index (χ4n) is 1.78. The number of rotatable bonds is 1. The zero-order valence-electron chi connectivity index (χ0n) is 8.04. The molecule has 0 radical (unpaired) electrons. The molecule has 0 spiro atoms. The largest absolute Gasteiger partial charge is 0.481 e. The smallest absolute Gasteiger partial charge is 0.443 e. The Morgan fingerprint density at radius 1 is 1.50 bits per heavy atom. The van der Waals surface area contributed by atoms with Gasteiger partial charge in [-0.05, 0) is 19.3 Å². The lowest BCUT2D eigenvalue weighted by atomic mass is 9.91. The summed E-state index contributed by atoms with van der Waals surface area (Å²) in [4.78, 5) is 14.8. The van der Waals surface area contributed by atoms with Crippen LogP contribution >= 0.6 is 11.3 Å². The number of fused-ring (bicyclic) bond motifs is 1. The van der Waals surface area contributed by atoms with Crippen molar-refractivity contribution in [3.63, 3.8) is 0 Å². The maximum atomic E-state index is 12.4. The number of nitrogens with zero attached hydrogens (tertiary/aromatic N) is 1. The molecule has 0 saturated heterocycles. The Balaban J connectivity index is 2.42. The number of thiazole rings is 1. The fraction of sp³-hybridized carbons (Fsp3) is 0.556. The molecule has 0 aromatic carbocycles. The molecular formula is C9H8F3NO2S. The van der Waals surface area contributed by atoms with Crippen LogP contribution in [0.4, 0.5) is 13.2 Å². The van der Waals surface area contributed by atoms with Crippen LogP contribution in [0.5, 0.6) is 0 Å². The van der Waals surface area contributed by atoms with E-state index >= 15 is 0 Å². The van der Waals surface area contributed by atoms with E-state index < -0.39 is 23.1 Å². The molecule has 16 heavy (non-hydrogen) atoms. The number of carbonyl (C=O) groups is 1. The van der Waals surface area contributed by atoms with E-state index in [2.05, 4.69) is 4.98 Å². The Kier molecular flexibility index (Phi) is 2.65. The molecule has 88 valence electrons. The van der Waals surface area contributed by atoms with Gasteiger partial charge < -0.3 is 5.11 Å². The molecule has 0 saturated carbocycles. The van der Waals surface area contributed by atoms with Gasteiger partial charge in [0.2, 0.25) is 0 Å². The molecular weight excluding hydrogens is 243 g/mol. The highest BCUT2D eigenvalue weighted by molar-refractivity contribution is 7.11. The van der Waals surface area contributed by atoms with Crippen molar-refractivity contribution >= 4 is 17.3 Å². The number of aliphatic carboxylic acids is 1. The first kappa shape index (κ1) is 11.4. The number of halogens is 3. The van der Waals surface area contributed by atoms with Gasteiger partial charge in [-0.2, -0.15) is 13.2 Å². The van der Waals surface area contributed by atoms with E-state index in [9.17, 15) is 18.0 Å². The zero-order valence-corrected chi connectivity index (χ0v) is 8.86. The average molecular weight is 251 g/mol. The van der Waals surface area contributed by atoms with E-state index in [4.69, 9.17) is 5.11 Å². The van der Waals surface area contributed by atoms with Gasteiger partial charge in [-0.15, -0.1) is 11.3 Å². The number of hydrogen-bond acceptors (Lipinski definition) is 3. The molecule has 0 aliphatic heterocycles. The average Bonchev–Trinajstić information content (AvgIpc) is 2.59. The quantitative estimate of drug-likeness (QED) is 0.834. The summed E-state index contributed by atoms with van der Waals surface area (Å²) in [6.45, 7) is 0. The Hall–Kier alpha value is -1.11. The maximum absolute atomic E-state index is 12.4. The molecule has 1 aliphatic rings. The lowest BCUT2D eigenvalue weighted by Crippen LogP contribution is -2.17. The third kappa shape index (κ3) is 1.91. The van der Waals surface area contributed by atoms with Gasteiger partial charge in [0.05, 0.1) is 11.6 Å². The molecule has 1 aromatic rings. The summed E-state index contributed by atoms with van der Waals surface area (Å²) in [7, 11) is 0. The summed E-state index contributed by atoms with van der Waals surface area (Å²) in [6, 6.07) is 0. The first-order valence-electron chi connectivity index (χ1n) is 4.69. The minimum absolute atomic E-state index is 0.107. The van der Waals surface area contributed by atoms with Gasteiger partial charge in [0.25, 0.3) is 0 Å². The van der Waals surface area contributed by atoms with Gasteiger partial charge in [0.15, 0.2) is 5.01 Å². The second-order valence-electron chi connectivity index (χ2n) is 3.61. The highest BCUT2D eigenvalue weighted by Crippen LogP contribution is 2.40. The maximum Gasteiger partial charge on any atom is 0.443 e. The van der Waals surface area contributed by atoms with E-state index in [-0.39, 0.29) is 5.69 Å². The zero-order chi connectivity index (χ0) is 11.9. The SMILES string of the molecule is O=C(O)C1CCCc2sc(C(F)(F)F)nc21. The molecule has 3 nitrogen and oxygen atoms in total. The minimum Gasteiger partial charge on any atom is -0.481 e. The molecule has 1 heterocycles. The molecule has 1 N–H and O–H groups in total. The van der Waals surface area contributed by atoms with Crippen LogP contribution in [0, 0.1) is 0 Å². The number of aromatic nitrogens is 1. The molecule has 1 aromatic heterocycles. The van der Waals surface area contributed by atoms with Crippen LogP contribution < -0.4 is 0 Å². The van der Waals surface area contributed by atoms with Gasteiger partial charge in [-0.25, -0.2) is 4.98 Å². The summed E-state index contributed by atoms with van der Waals surface area (Å²) in [5.74, 6) is -1.98. The highest BCUT2D eigenvalue weighted by atomic mass is 32.1. The van der Waals surface area contributed by atoms with Crippen LogP contribution in [0.3, 0.4) is 0 Å². The van der Waals surface area contributed by atoms with Crippen LogP contribution in [-0.2, 0) is 17.4 Å². The van der Waals surface area contributed by atoms with Gasteiger partial charge in [0.1, 0.15) is 0 Å². The van der Waals surface area contributed by atoms with Gasteiger partial charge >= 0.3 is 12.1 Å². The Bertz CT molecular complexity index is 427. The standard InChI is InChI=1S/C9H8F3NO2S/c10-9(11,12)8-13-6-4(7(14)15)2-1-3-5(6)16-8/h4H,1-3H2,(H,14,15). The topological polar surface area (TPSA) is 50.2 Å². The normalized spacial score (nSPS) is 20.6. The Morgan fingerprint density at radius 2 is 2.19 bits per heavy atom. The van der Waals surface area contributed by atoms with Crippen LogP contribution in [0.1, 0.15) is 34.3 Å². The molecule has 1 unspecified atom stereocenters. The lowest BCUT2D eigenvalue weighted by Gasteiger charge is -2.16. The van der Waals surface area contributed by atoms with E-state index in [1.165, 1.54) is 0 Å². The third-order valence-electron chi connectivity index (χ3n) is 2.49. The second kappa shape index (κ2) is 3.73. The number of aryl methyl sites for hydroxylation is 1. The summed E-state index contributed by atoms with van der Waals surface area (Å²) in [5, 5.41) is 7.94. The summed E-state index contributed by atoms with van der Waals surface area (Å²) in [5.41, 5.74) is 0.107. The van der Waals surface area contributed by atoms with E-state index in [0.717, 1.165) is 0 Å². The number of hydrogen-bond donors (Lipinski definition) is 1. The summed E-state index contributed by atoms with van der Waals surface area (Å²) >= 11 is 0.564. The predicted molar refractivity (Wildman–Crippen MR) is 50.4 cm³/mol. The van der Waals surface area contributed by atoms with Crippen molar-refractivity contribution in [2.24, 2.45) is 0 Å². The van der Waals surface area contributed by atoms with E-state index in [1.807, 2.05) is 0 Å². The van der Waals surface area contributed by atoms with E-state index in [1.54, 1.807) is 0 Å². The molecule has 0 fully saturated rings. The van der Waals surface area contributed by atoms with Gasteiger partial charge in [-0.1, -0.05) is 0 Å². The number of carboxylic acids is 1. The molecule has 2 rings (SSSR count). The fourth-order valence-corrected chi connectivity index (χ4v) is 2.81. The molecule has 0 bridgehead atoms. The molecule has 1 atom stereocenters. The highest BCUT2D eigenvalue weighted by Gasteiger charge is 2.39. The van der Waals surface area contributed by atoms with Gasteiger partial charge in [0, 0.05) is 4.88 Å². The Morgan fingerprint density at radius 3 is 2.75 bits per heavy atom. The Labute approximate surface area is 92.9 Å². The van der Waals surface area contributed by atoms with E-state index in [0.29, 0.717) is 35.5 Å². The van der Waals surface area contributed by atoms with Crippen LogP contribution in [0.25, 0.3) is 0 Å². The first-order chi connectivity index (χ1) is 7.39. The molecule has 0 amide bonds. The monoisotopic (exact) mass is 251 g/mol. The third-order valence-corrected chi connectivity index (χ3v) is 3.67. The van der Waals surface area contributed by atoms with Crippen molar-refractivity contribution in [1.82, 2.24) is 4.98 Å². The van der Waals surface area contributed by atoms with Gasteiger partial charge in [-0.3, -0.25) is 4.79 Å². The van der Waals surface area contributed by atoms with Crippen molar-refractivity contribution in [2.45, 2.75) is 31.4 Å². The molecule has 1 aliphatic carbocycles. The van der Waals surface area contributed by atoms with Crippen molar-refractivity contribution in [2.75, 3.05) is 0 Å². The van der Waals surface area contributed by atoms with Crippen LogP contribution in [-0.4, -0.2) is 16.1 Å². The van der Waals surface area contributed by atoms with Crippen molar-refractivity contribution in [1.29, 1.82) is 0 Å². The van der Waals surface area contributed by atoms with Crippen molar-refractivity contribution in [3.05, 3.63) is 15.6 Å². The first-order valence-corrected chi connectivity index (χ1v) is 5.51.